The van der Waals surface area contributed by atoms with Crippen LogP contribution in [-0.4, -0.2) is 32.1 Å². The molecule has 2 heterocycles. The van der Waals surface area contributed by atoms with E-state index >= 15 is 0 Å². The van der Waals surface area contributed by atoms with Gasteiger partial charge in [-0.3, -0.25) is 14.3 Å². The largest absolute Gasteiger partial charge is 0.489 e. The fourth-order valence-electron chi connectivity index (χ4n) is 5.66. The van der Waals surface area contributed by atoms with Crippen LogP contribution in [-0.2, 0) is 17.0 Å². The Balaban J connectivity index is 1.20. The SMILES string of the molecule is CC(C)n1nc(C(=O)C=O)cc1C1CC(O)(c2ccc(OCc3c(-c4c(Cl)cccc4Cl)noc3C3CC3)cc2Cl)C1. The lowest BCUT2D eigenvalue weighted by Gasteiger charge is -2.44. The number of hydrogen-bond donors (Lipinski definition) is 1. The number of halogens is 3. The predicted molar refractivity (Wildman–Crippen MR) is 159 cm³/mol. The number of aliphatic hydroxyl groups is 1. The highest BCUT2D eigenvalue weighted by molar-refractivity contribution is 6.39. The fourth-order valence-corrected chi connectivity index (χ4v) is 6.58. The molecule has 2 aliphatic rings. The van der Waals surface area contributed by atoms with Crippen molar-refractivity contribution < 1.29 is 24.0 Å². The van der Waals surface area contributed by atoms with Crippen molar-refractivity contribution in [1.82, 2.24) is 14.9 Å². The fraction of sp³-hybridized carbons (Fsp3) is 0.355. The van der Waals surface area contributed by atoms with Crippen LogP contribution in [0.15, 0.2) is 47.0 Å². The molecule has 6 rings (SSSR count). The number of Topliss-reactive ketones (excluding diaryl/α,β-unsaturated/α-hetero) is 1. The van der Waals surface area contributed by atoms with Crippen LogP contribution >= 0.6 is 34.8 Å². The number of rotatable bonds is 10. The smallest absolute Gasteiger partial charge is 0.245 e. The monoisotopic (exact) mass is 627 g/mol. The average molecular weight is 629 g/mol. The van der Waals surface area contributed by atoms with Crippen LogP contribution in [0.4, 0.5) is 0 Å². The predicted octanol–water partition coefficient (Wildman–Crippen LogP) is 7.68. The number of ether oxygens (including phenoxy) is 1. The molecule has 0 spiro atoms. The third-order valence-corrected chi connectivity index (χ3v) is 8.93. The molecule has 0 atom stereocenters. The van der Waals surface area contributed by atoms with E-state index in [-0.39, 0.29) is 36.5 Å². The second kappa shape index (κ2) is 11.2. The molecule has 0 aliphatic heterocycles. The Bertz CT molecular complexity index is 1660. The number of hydrogen-bond acceptors (Lipinski definition) is 7. The first-order chi connectivity index (χ1) is 20.1. The number of aldehydes is 1. The van der Waals surface area contributed by atoms with Crippen LogP contribution in [0.25, 0.3) is 11.3 Å². The van der Waals surface area contributed by atoms with Gasteiger partial charge in [-0.25, -0.2) is 0 Å². The second-order valence-electron chi connectivity index (χ2n) is 11.3. The van der Waals surface area contributed by atoms with Gasteiger partial charge < -0.3 is 14.4 Å². The quantitative estimate of drug-likeness (QED) is 0.109. The lowest BCUT2D eigenvalue weighted by atomic mass is 9.66. The van der Waals surface area contributed by atoms with E-state index in [1.807, 2.05) is 13.8 Å². The molecule has 0 radical (unpaired) electrons. The van der Waals surface area contributed by atoms with Crippen molar-refractivity contribution in [2.75, 3.05) is 0 Å². The van der Waals surface area contributed by atoms with Gasteiger partial charge in [0.15, 0.2) is 6.29 Å². The summed E-state index contributed by atoms with van der Waals surface area (Å²) in [6.07, 6.45) is 3.09. The van der Waals surface area contributed by atoms with Crippen LogP contribution in [0.1, 0.15) is 90.5 Å². The first-order valence-electron chi connectivity index (χ1n) is 13.8. The van der Waals surface area contributed by atoms with Gasteiger partial charge in [0.25, 0.3) is 0 Å². The lowest BCUT2D eigenvalue weighted by Crippen LogP contribution is -2.41. The van der Waals surface area contributed by atoms with Gasteiger partial charge in [-0.2, -0.15) is 5.10 Å². The zero-order valence-electron chi connectivity index (χ0n) is 22.9. The average Bonchev–Trinajstić information content (AvgIpc) is 3.54. The normalized spacial score (nSPS) is 20.0. The van der Waals surface area contributed by atoms with Crippen molar-refractivity contribution in [3.05, 3.63) is 85.8 Å². The molecule has 1 N–H and O–H groups in total. The van der Waals surface area contributed by atoms with E-state index in [2.05, 4.69) is 10.3 Å². The van der Waals surface area contributed by atoms with Crippen LogP contribution < -0.4 is 4.74 Å². The van der Waals surface area contributed by atoms with Crippen molar-refractivity contribution in [3.63, 3.8) is 0 Å². The topological polar surface area (TPSA) is 107 Å². The molecule has 2 aliphatic carbocycles. The van der Waals surface area contributed by atoms with Gasteiger partial charge in [0.1, 0.15) is 29.5 Å². The van der Waals surface area contributed by atoms with Gasteiger partial charge in [-0.05, 0) is 69.9 Å². The van der Waals surface area contributed by atoms with Crippen LogP contribution in [0.5, 0.6) is 5.75 Å². The number of ketones is 1. The third kappa shape index (κ3) is 5.26. The van der Waals surface area contributed by atoms with Gasteiger partial charge in [0.2, 0.25) is 5.78 Å². The molecule has 2 saturated carbocycles. The van der Waals surface area contributed by atoms with E-state index in [1.165, 1.54) is 0 Å². The van der Waals surface area contributed by atoms with Crippen LogP contribution in [0.2, 0.25) is 15.1 Å². The summed E-state index contributed by atoms with van der Waals surface area (Å²) in [5, 5.41) is 21.4. The second-order valence-corrected chi connectivity index (χ2v) is 12.5. The summed E-state index contributed by atoms with van der Waals surface area (Å²) in [6, 6.07) is 12.2. The van der Waals surface area contributed by atoms with Crippen LogP contribution in [0, 0.1) is 0 Å². The molecule has 4 aromatic rings. The van der Waals surface area contributed by atoms with Crippen molar-refractivity contribution in [3.8, 4) is 17.0 Å². The summed E-state index contributed by atoms with van der Waals surface area (Å²) in [7, 11) is 0. The maximum absolute atomic E-state index is 11.9. The van der Waals surface area contributed by atoms with Gasteiger partial charge in [0.05, 0.1) is 26.2 Å². The Hall–Kier alpha value is -3.17. The van der Waals surface area contributed by atoms with Gasteiger partial charge in [0, 0.05) is 34.7 Å². The highest BCUT2D eigenvalue weighted by Gasteiger charge is 2.47. The molecule has 0 bridgehead atoms. The standard InChI is InChI=1S/C31H28Cl3N3O5/c1-16(2)37-26(11-25(35-37)27(39)14-38)18-12-31(40,13-18)21-9-8-19(10-24(21)34)41-15-20-29(36-42-30(20)17-6-7-17)28-22(32)4-3-5-23(28)33/h3-5,8-11,14,16-18,40H,6-7,12-13,15H2,1-2H3. The summed E-state index contributed by atoms with van der Waals surface area (Å²) in [5.41, 5.74) is 2.33. The zero-order chi connectivity index (χ0) is 29.8. The van der Waals surface area contributed by atoms with Gasteiger partial charge >= 0.3 is 0 Å². The minimum Gasteiger partial charge on any atom is -0.489 e. The molecule has 0 unspecified atom stereocenters. The van der Waals surface area contributed by atoms with Gasteiger partial charge in [-0.1, -0.05) is 52.1 Å². The lowest BCUT2D eigenvalue weighted by molar-refractivity contribution is -0.104. The highest BCUT2D eigenvalue weighted by Crippen LogP contribution is 2.53. The maximum Gasteiger partial charge on any atom is 0.245 e. The van der Waals surface area contributed by atoms with Crippen molar-refractivity contribution in [1.29, 1.82) is 0 Å². The summed E-state index contributed by atoms with van der Waals surface area (Å²) in [4.78, 5) is 22.9. The summed E-state index contributed by atoms with van der Waals surface area (Å²) >= 11 is 19.6. The molecule has 2 fully saturated rings. The summed E-state index contributed by atoms with van der Waals surface area (Å²) in [5.74, 6) is 0.878. The van der Waals surface area contributed by atoms with Gasteiger partial charge in [-0.15, -0.1) is 0 Å². The maximum atomic E-state index is 11.9. The van der Waals surface area contributed by atoms with E-state index in [0.29, 0.717) is 50.5 Å². The molecule has 8 nitrogen and oxygen atoms in total. The van der Waals surface area contributed by atoms with E-state index < -0.39 is 11.4 Å². The van der Waals surface area contributed by atoms with E-state index in [4.69, 9.17) is 44.1 Å². The molecule has 2 aromatic heterocycles. The van der Waals surface area contributed by atoms with E-state index in [1.54, 1.807) is 47.1 Å². The Kier molecular flexibility index (Phi) is 7.68. The molecule has 2 aromatic carbocycles. The molecular formula is C31H28Cl3N3O5. The number of carbonyl (C=O) groups is 2. The Labute approximate surface area is 257 Å². The number of nitrogens with zero attached hydrogens (tertiary/aromatic N) is 3. The third-order valence-electron chi connectivity index (χ3n) is 7.99. The zero-order valence-corrected chi connectivity index (χ0v) is 25.2. The molecular weight excluding hydrogens is 601 g/mol. The van der Waals surface area contributed by atoms with Crippen molar-refractivity contribution in [2.45, 2.75) is 69.6 Å². The molecule has 0 amide bonds. The van der Waals surface area contributed by atoms with Crippen molar-refractivity contribution in [2.24, 2.45) is 0 Å². The number of benzene rings is 2. The minimum atomic E-state index is -1.15. The van der Waals surface area contributed by atoms with Crippen molar-refractivity contribution >= 4 is 46.9 Å². The first kappa shape index (κ1) is 28.9. The molecule has 42 heavy (non-hydrogen) atoms. The van der Waals surface area contributed by atoms with E-state index in [0.717, 1.165) is 29.9 Å². The summed E-state index contributed by atoms with van der Waals surface area (Å²) < 4.78 is 13.6. The molecule has 0 saturated heterocycles. The number of carbonyl (C=O) groups excluding carboxylic acids is 2. The number of aromatic nitrogens is 3. The molecule has 218 valence electrons. The first-order valence-corrected chi connectivity index (χ1v) is 14.9. The minimum absolute atomic E-state index is 0.0118. The highest BCUT2D eigenvalue weighted by atomic mass is 35.5. The van der Waals surface area contributed by atoms with E-state index in [9.17, 15) is 14.7 Å². The Morgan fingerprint density at radius 3 is 2.45 bits per heavy atom. The Morgan fingerprint density at radius 1 is 1.12 bits per heavy atom. The van der Waals surface area contributed by atoms with Crippen LogP contribution in [0.3, 0.4) is 0 Å². The Morgan fingerprint density at radius 2 is 1.83 bits per heavy atom. The molecule has 11 heteroatoms. The summed E-state index contributed by atoms with van der Waals surface area (Å²) in [6.45, 7) is 4.08.